The van der Waals surface area contributed by atoms with Crippen LogP contribution in [0.3, 0.4) is 0 Å². The van der Waals surface area contributed by atoms with Gasteiger partial charge in [0.05, 0.1) is 0 Å². The van der Waals surface area contributed by atoms with Gasteiger partial charge in [0.1, 0.15) is 0 Å². The molecule has 0 saturated carbocycles. The maximum absolute atomic E-state index is 11.4. The molecule has 18 heavy (non-hydrogen) atoms. The number of hydrogen-bond acceptors (Lipinski definition) is 4. The average Bonchev–Trinajstić information content (AvgIpc) is 2.41. The lowest BCUT2D eigenvalue weighted by Gasteiger charge is -2.27. The van der Waals surface area contributed by atoms with Crippen LogP contribution < -0.4 is 4.90 Å². The molecule has 2 aromatic rings. The second-order valence-electron chi connectivity index (χ2n) is 4.20. The molecule has 1 saturated heterocycles. The summed E-state index contributed by atoms with van der Waals surface area (Å²) in [6.45, 7) is 1.51. The fraction of sp³-hybridized carbons (Fsp3) is 0.333. The van der Waals surface area contributed by atoms with E-state index in [4.69, 9.17) is 11.6 Å². The minimum Gasteiger partial charge on any atom is -0.353 e. The first-order chi connectivity index (χ1) is 8.75. The lowest BCUT2D eigenvalue weighted by atomic mass is 10.2. The van der Waals surface area contributed by atoms with E-state index in [1.165, 1.54) is 0 Å². The monoisotopic (exact) mass is 281 g/mol. The van der Waals surface area contributed by atoms with Crippen molar-refractivity contribution in [1.82, 2.24) is 10.2 Å². The summed E-state index contributed by atoms with van der Waals surface area (Å²) in [6, 6.07) is 7.84. The number of nitrogens with zero attached hydrogens (tertiary/aromatic N) is 3. The number of aromatic nitrogens is 2. The molecule has 1 aliphatic rings. The van der Waals surface area contributed by atoms with Crippen molar-refractivity contribution in [2.24, 2.45) is 0 Å². The van der Waals surface area contributed by atoms with Crippen LogP contribution in [0.2, 0.25) is 5.15 Å². The summed E-state index contributed by atoms with van der Waals surface area (Å²) < 4.78 is 11.4. The zero-order valence-corrected chi connectivity index (χ0v) is 11.2. The van der Waals surface area contributed by atoms with Crippen molar-refractivity contribution in [3.05, 3.63) is 29.4 Å². The lowest BCUT2D eigenvalue weighted by molar-refractivity contribution is 0.672. The topological polar surface area (TPSA) is 46.1 Å². The molecule has 0 spiro atoms. The molecule has 6 heteroatoms. The standard InChI is InChI=1S/C12H12ClN3OS/c13-11-9-3-1-2-4-10(9)12(15-14-11)16-5-7-18(17)8-6-16/h1-4H,5-8H2. The Labute approximate surface area is 112 Å². The van der Waals surface area contributed by atoms with Gasteiger partial charge in [0.25, 0.3) is 0 Å². The quantitative estimate of drug-likeness (QED) is 0.800. The van der Waals surface area contributed by atoms with Gasteiger partial charge in [-0.1, -0.05) is 35.9 Å². The first-order valence-electron chi connectivity index (χ1n) is 5.76. The molecule has 1 aromatic heterocycles. The van der Waals surface area contributed by atoms with Crippen molar-refractivity contribution >= 4 is 39.0 Å². The van der Waals surface area contributed by atoms with E-state index in [-0.39, 0.29) is 0 Å². The summed E-state index contributed by atoms with van der Waals surface area (Å²) in [7, 11) is -0.689. The maximum atomic E-state index is 11.4. The van der Waals surface area contributed by atoms with E-state index in [1.54, 1.807) is 0 Å². The van der Waals surface area contributed by atoms with E-state index in [1.807, 2.05) is 24.3 Å². The molecule has 4 nitrogen and oxygen atoms in total. The molecule has 1 aliphatic heterocycles. The average molecular weight is 282 g/mol. The Hall–Kier alpha value is -1.20. The molecule has 94 valence electrons. The van der Waals surface area contributed by atoms with Gasteiger partial charge in [-0.15, -0.1) is 10.2 Å². The highest BCUT2D eigenvalue weighted by molar-refractivity contribution is 7.85. The van der Waals surface area contributed by atoms with Crippen molar-refractivity contribution in [3.8, 4) is 0 Å². The van der Waals surface area contributed by atoms with E-state index in [0.29, 0.717) is 16.7 Å². The van der Waals surface area contributed by atoms with Crippen LogP contribution in [0.4, 0.5) is 5.82 Å². The minimum absolute atomic E-state index is 0.426. The van der Waals surface area contributed by atoms with Crippen LogP contribution in [0.1, 0.15) is 0 Å². The molecule has 0 radical (unpaired) electrons. The third kappa shape index (κ3) is 2.08. The largest absolute Gasteiger partial charge is 0.353 e. The van der Waals surface area contributed by atoms with Gasteiger partial charge >= 0.3 is 0 Å². The summed E-state index contributed by atoms with van der Waals surface area (Å²) in [5.41, 5.74) is 0. The minimum atomic E-state index is -0.689. The van der Waals surface area contributed by atoms with Crippen LogP contribution in [-0.4, -0.2) is 39.0 Å². The molecule has 0 atom stereocenters. The smallest absolute Gasteiger partial charge is 0.159 e. The molecule has 3 rings (SSSR count). The first kappa shape index (κ1) is 11.9. The molecule has 1 aromatic carbocycles. The van der Waals surface area contributed by atoms with Crippen molar-refractivity contribution in [3.63, 3.8) is 0 Å². The predicted molar refractivity (Wildman–Crippen MR) is 74.6 cm³/mol. The zero-order valence-electron chi connectivity index (χ0n) is 9.67. The fourth-order valence-electron chi connectivity index (χ4n) is 2.14. The van der Waals surface area contributed by atoms with Gasteiger partial charge in [0, 0.05) is 46.2 Å². The molecule has 0 bridgehead atoms. The van der Waals surface area contributed by atoms with Gasteiger partial charge in [-0.25, -0.2) is 0 Å². The lowest BCUT2D eigenvalue weighted by Crippen LogP contribution is -2.38. The third-order valence-electron chi connectivity index (χ3n) is 3.10. The van der Waals surface area contributed by atoms with Gasteiger partial charge in [0.2, 0.25) is 0 Å². The SMILES string of the molecule is O=S1CCN(c2nnc(Cl)c3ccccc23)CC1. The van der Waals surface area contributed by atoms with Gasteiger partial charge in [-0.05, 0) is 0 Å². The van der Waals surface area contributed by atoms with E-state index in [0.717, 1.165) is 29.7 Å². The Balaban J connectivity index is 2.07. The Kier molecular flexibility index (Phi) is 3.18. The Bertz CT molecular complexity index is 609. The molecule has 0 amide bonds. The maximum Gasteiger partial charge on any atom is 0.159 e. The molecule has 2 heterocycles. The first-order valence-corrected chi connectivity index (χ1v) is 7.63. The Morgan fingerprint density at radius 2 is 1.78 bits per heavy atom. The van der Waals surface area contributed by atoms with Crippen molar-refractivity contribution in [2.75, 3.05) is 29.5 Å². The Morgan fingerprint density at radius 3 is 2.50 bits per heavy atom. The van der Waals surface area contributed by atoms with Crippen LogP contribution in [0.5, 0.6) is 0 Å². The van der Waals surface area contributed by atoms with Crippen molar-refractivity contribution in [2.45, 2.75) is 0 Å². The molecule has 1 fully saturated rings. The molecule has 0 N–H and O–H groups in total. The second-order valence-corrected chi connectivity index (χ2v) is 6.25. The zero-order chi connectivity index (χ0) is 12.5. The summed E-state index contributed by atoms with van der Waals surface area (Å²) in [5.74, 6) is 2.23. The van der Waals surface area contributed by atoms with E-state index in [2.05, 4.69) is 15.1 Å². The highest BCUT2D eigenvalue weighted by atomic mass is 35.5. The molecule has 0 aliphatic carbocycles. The Morgan fingerprint density at radius 1 is 1.11 bits per heavy atom. The van der Waals surface area contributed by atoms with Crippen LogP contribution in [0, 0.1) is 0 Å². The number of hydrogen-bond donors (Lipinski definition) is 0. The number of halogens is 1. The third-order valence-corrected chi connectivity index (χ3v) is 4.66. The van der Waals surface area contributed by atoms with Crippen molar-refractivity contribution in [1.29, 1.82) is 0 Å². The van der Waals surface area contributed by atoms with Gasteiger partial charge in [-0.2, -0.15) is 0 Å². The van der Waals surface area contributed by atoms with Crippen LogP contribution in [0.25, 0.3) is 10.8 Å². The van der Waals surface area contributed by atoms with E-state index < -0.39 is 10.8 Å². The number of benzene rings is 1. The van der Waals surface area contributed by atoms with Crippen LogP contribution >= 0.6 is 11.6 Å². The summed E-state index contributed by atoms with van der Waals surface area (Å²) in [5, 5.41) is 10.5. The molecular formula is C12H12ClN3OS. The van der Waals surface area contributed by atoms with E-state index >= 15 is 0 Å². The summed E-state index contributed by atoms with van der Waals surface area (Å²) in [4.78, 5) is 2.13. The van der Waals surface area contributed by atoms with Crippen molar-refractivity contribution < 1.29 is 4.21 Å². The number of rotatable bonds is 1. The summed E-state index contributed by atoms with van der Waals surface area (Å²) in [6.07, 6.45) is 0. The van der Waals surface area contributed by atoms with E-state index in [9.17, 15) is 4.21 Å². The van der Waals surface area contributed by atoms with Gasteiger partial charge in [-0.3, -0.25) is 4.21 Å². The predicted octanol–water partition coefficient (Wildman–Crippen LogP) is 1.85. The fourth-order valence-corrected chi connectivity index (χ4v) is 3.40. The van der Waals surface area contributed by atoms with Gasteiger partial charge < -0.3 is 4.90 Å². The molecule has 0 unspecified atom stereocenters. The van der Waals surface area contributed by atoms with Gasteiger partial charge in [0.15, 0.2) is 11.0 Å². The normalized spacial score (nSPS) is 17.3. The summed E-state index contributed by atoms with van der Waals surface area (Å²) >= 11 is 6.05. The van der Waals surface area contributed by atoms with Crippen LogP contribution in [-0.2, 0) is 10.8 Å². The highest BCUT2D eigenvalue weighted by Crippen LogP contribution is 2.28. The number of anilines is 1. The molecular weight excluding hydrogens is 270 g/mol. The second kappa shape index (κ2) is 4.82. The highest BCUT2D eigenvalue weighted by Gasteiger charge is 2.19. The van der Waals surface area contributed by atoms with Crippen LogP contribution in [0.15, 0.2) is 24.3 Å². The number of fused-ring (bicyclic) bond motifs is 1.